The van der Waals surface area contributed by atoms with Crippen LogP contribution in [-0.2, 0) is 13.1 Å². The SMILES string of the molecule is CN(Cc1ccoc1)Cc1sccc1C#CCO. The number of aliphatic hydroxyl groups is 1. The summed E-state index contributed by atoms with van der Waals surface area (Å²) in [5, 5.41) is 10.7. The van der Waals surface area contributed by atoms with Gasteiger partial charge in [-0.05, 0) is 24.6 Å². The average molecular weight is 261 g/mol. The molecule has 0 aliphatic rings. The Morgan fingerprint density at radius 2 is 2.28 bits per heavy atom. The Hall–Kier alpha value is -1.54. The third kappa shape index (κ3) is 3.47. The summed E-state index contributed by atoms with van der Waals surface area (Å²) < 4.78 is 5.05. The van der Waals surface area contributed by atoms with Crippen molar-refractivity contribution < 1.29 is 9.52 Å². The lowest BCUT2D eigenvalue weighted by atomic mass is 10.2. The molecule has 0 bridgehead atoms. The largest absolute Gasteiger partial charge is 0.472 e. The third-order valence-corrected chi connectivity index (χ3v) is 3.40. The molecule has 2 heterocycles. The second-order valence-corrected chi connectivity index (χ2v) is 5.02. The maximum Gasteiger partial charge on any atom is 0.104 e. The van der Waals surface area contributed by atoms with Gasteiger partial charge < -0.3 is 9.52 Å². The van der Waals surface area contributed by atoms with Crippen molar-refractivity contribution in [2.45, 2.75) is 13.1 Å². The van der Waals surface area contributed by atoms with Crippen LogP contribution in [0.1, 0.15) is 16.0 Å². The molecular weight excluding hydrogens is 246 g/mol. The van der Waals surface area contributed by atoms with E-state index in [2.05, 4.69) is 23.8 Å². The van der Waals surface area contributed by atoms with E-state index in [0.717, 1.165) is 24.2 Å². The number of rotatable bonds is 4. The highest BCUT2D eigenvalue weighted by molar-refractivity contribution is 7.10. The van der Waals surface area contributed by atoms with Gasteiger partial charge in [0.05, 0.1) is 12.5 Å². The van der Waals surface area contributed by atoms with Crippen LogP contribution in [0.3, 0.4) is 0 Å². The highest BCUT2D eigenvalue weighted by Gasteiger charge is 2.07. The Balaban J connectivity index is 1.98. The fraction of sp³-hybridized carbons (Fsp3) is 0.286. The molecule has 0 aliphatic carbocycles. The Kier molecular flexibility index (Phi) is 4.59. The molecule has 0 radical (unpaired) electrons. The lowest BCUT2D eigenvalue weighted by Gasteiger charge is -2.14. The van der Waals surface area contributed by atoms with Crippen molar-refractivity contribution in [3.63, 3.8) is 0 Å². The van der Waals surface area contributed by atoms with Crippen LogP contribution < -0.4 is 0 Å². The monoisotopic (exact) mass is 261 g/mol. The summed E-state index contributed by atoms with van der Waals surface area (Å²) in [4.78, 5) is 3.43. The zero-order valence-electron chi connectivity index (χ0n) is 10.2. The molecule has 0 unspecified atom stereocenters. The Bertz CT molecular complexity index is 534. The smallest absolute Gasteiger partial charge is 0.104 e. The first-order chi connectivity index (χ1) is 8.79. The number of thiophene rings is 1. The van der Waals surface area contributed by atoms with Gasteiger partial charge in [0.15, 0.2) is 0 Å². The summed E-state index contributed by atoms with van der Waals surface area (Å²) in [7, 11) is 2.07. The Labute approximate surface area is 111 Å². The number of aliphatic hydroxyl groups excluding tert-OH is 1. The van der Waals surface area contributed by atoms with E-state index in [-0.39, 0.29) is 6.61 Å². The normalized spacial score (nSPS) is 10.4. The number of hydrogen-bond acceptors (Lipinski definition) is 4. The molecule has 94 valence electrons. The first kappa shape index (κ1) is 12.9. The Morgan fingerprint density at radius 1 is 1.39 bits per heavy atom. The maximum atomic E-state index is 8.72. The van der Waals surface area contributed by atoms with E-state index in [1.54, 1.807) is 23.9 Å². The van der Waals surface area contributed by atoms with E-state index in [9.17, 15) is 0 Å². The summed E-state index contributed by atoms with van der Waals surface area (Å²) in [6.45, 7) is 1.60. The molecular formula is C14H15NO2S. The molecule has 18 heavy (non-hydrogen) atoms. The number of nitrogens with zero attached hydrogens (tertiary/aromatic N) is 1. The van der Waals surface area contributed by atoms with Crippen molar-refractivity contribution in [3.8, 4) is 11.8 Å². The van der Waals surface area contributed by atoms with E-state index in [0.29, 0.717) is 0 Å². The van der Waals surface area contributed by atoms with Crippen LogP contribution in [0.5, 0.6) is 0 Å². The van der Waals surface area contributed by atoms with E-state index in [4.69, 9.17) is 9.52 Å². The second-order valence-electron chi connectivity index (χ2n) is 4.02. The van der Waals surface area contributed by atoms with Gasteiger partial charge in [0.1, 0.15) is 6.61 Å². The van der Waals surface area contributed by atoms with E-state index in [1.807, 2.05) is 17.5 Å². The van der Waals surface area contributed by atoms with Crippen molar-refractivity contribution in [2.24, 2.45) is 0 Å². The molecule has 2 rings (SSSR count). The van der Waals surface area contributed by atoms with Gasteiger partial charge in [-0.15, -0.1) is 11.3 Å². The first-order valence-electron chi connectivity index (χ1n) is 5.65. The minimum absolute atomic E-state index is 0.0971. The highest BCUT2D eigenvalue weighted by atomic mass is 32.1. The highest BCUT2D eigenvalue weighted by Crippen LogP contribution is 2.18. The molecule has 2 aromatic rings. The number of hydrogen-bond donors (Lipinski definition) is 1. The molecule has 1 N–H and O–H groups in total. The fourth-order valence-corrected chi connectivity index (χ4v) is 2.61. The van der Waals surface area contributed by atoms with Crippen LogP contribution in [0.25, 0.3) is 0 Å². The van der Waals surface area contributed by atoms with Crippen LogP contribution >= 0.6 is 11.3 Å². The van der Waals surface area contributed by atoms with Crippen molar-refractivity contribution in [1.29, 1.82) is 0 Å². The molecule has 3 nitrogen and oxygen atoms in total. The van der Waals surface area contributed by atoms with E-state index < -0.39 is 0 Å². The molecule has 0 aliphatic heterocycles. The molecule has 4 heteroatoms. The summed E-state index contributed by atoms with van der Waals surface area (Å²) in [5.74, 6) is 5.66. The zero-order valence-corrected chi connectivity index (χ0v) is 11.0. The molecule has 0 fully saturated rings. The van der Waals surface area contributed by atoms with Gasteiger partial charge in [0.2, 0.25) is 0 Å². The molecule has 0 atom stereocenters. The summed E-state index contributed by atoms with van der Waals surface area (Å²) >= 11 is 1.69. The van der Waals surface area contributed by atoms with Crippen molar-refractivity contribution in [3.05, 3.63) is 46.0 Å². The first-order valence-corrected chi connectivity index (χ1v) is 6.53. The Morgan fingerprint density at radius 3 is 3.00 bits per heavy atom. The van der Waals surface area contributed by atoms with Crippen LogP contribution in [0.2, 0.25) is 0 Å². The zero-order chi connectivity index (χ0) is 12.8. The van der Waals surface area contributed by atoms with Gasteiger partial charge in [-0.1, -0.05) is 11.8 Å². The lowest BCUT2D eigenvalue weighted by Crippen LogP contribution is -2.16. The maximum absolute atomic E-state index is 8.72. The van der Waals surface area contributed by atoms with Gasteiger partial charge in [-0.25, -0.2) is 0 Å². The van der Waals surface area contributed by atoms with Crippen LogP contribution in [-0.4, -0.2) is 23.7 Å². The second kappa shape index (κ2) is 6.41. The summed E-state index contributed by atoms with van der Waals surface area (Å²) in [6, 6.07) is 3.96. The van der Waals surface area contributed by atoms with Gasteiger partial charge in [-0.3, -0.25) is 4.90 Å². The quantitative estimate of drug-likeness (QED) is 0.858. The molecule has 0 saturated heterocycles. The van der Waals surface area contributed by atoms with Crippen LogP contribution in [0.4, 0.5) is 0 Å². The summed E-state index contributed by atoms with van der Waals surface area (Å²) in [5.41, 5.74) is 2.17. The fourth-order valence-electron chi connectivity index (χ4n) is 1.70. The molecule has 0 aromatic carbocycles. The lowest BCUT2D eigenvalue weighted by molar-refractivity contribution is 0.320. The van der Waals surface area contributed by atoms with Crippen molar-refractivity contribution in [1.82, 2.24) is 4.90 Å². The molecule has 0 saturated carbocycles. The third-order valence-electron chi connectivity index (χ3n) is 2.49. The van der Waals surface area contributed by atoms with Gasteiger partial charge in [0, 0.05) is 29.1 Å². The standard InChI is InChI=1S/C14H15NO2S/c1-15(9-12-4-7-17-11-12)10-14-13(3-2-6-16)5-8-18-14/h4-5,7-8,11,16H,6,9-10H2,1H3. The molecule has 0 amide bonds. The molecule has 2 aromatic heterocycles. The number of furan rings is 1. The summed E-state index contributed by atoms with van der Waals surface area (Å²) in [6.07, 6.45) is 3.45. The molecule has 0 spiro atoms. The van der Waals surface area contributed by atoms with Gasteiger partial charge in [0.25, 0.3) is 0 Å². The topological polar surface area (TPSA) is 36.6 Å². The van der Waals surface area contributed by atoms with Crippen molar-refractivity contribution >= 4 is 11.3 Å². The van der Waals surface area contributed by atoms with Gasteiger partial charge >= 0.3 is 0 Å². The van der Waals surface area contributed by atoms with Gasteiger partial charge in [-0.2, -0.15) is 0 Å². The van der Waals surface area contributed by atoms with E-state index >= 15 is 0 Å². The minimum Gasteiger partial charge on any atom is -0.472 e. The average Bonchev–Trinajstić information content (AvgIpc) is 2.98. The van der Waals surface area contributed by atoms with Crippen LogP contribution in [0.15, 0.2) is 34.5 Å². The van der Waals surface area contributed by atoms with Crippen LogP contribution in [0, 0.1) is 11.8 Å². The predicted octanol–water partition coefficient (Wildman–Crippen LogP) is 2.32. The minimum atomic E-state index is -0.0971. The predicted molar refractivity (Wildman–Crippen MR) is 72.2 cm³/mol. The van der Waals surface area contributed by atoms with E-state index in [1.165, 1.54) is 4.88 Å². The van der Waals surface area contributed by atoms with Crippen molar-refractivity contribution in [2.75, 3.05) is 13.7 Å².